The van der Waals surface area contributed by atoms with E-state index in [1.54, 1.807) is 29.9 Å². The largest absolute Gasteiger partial charge is 0.310 e. The molecule has 1 heterocycles. The molecule has 0 aliphatic heterocycles. The highest BCUT2D eigenvalue weighted by atomic mass is 32.2. The Labute approximate surface area is 125 Å². The van der Waals surface area contributed by atoms with E-state index in [-0.39, 0.29) is 17.3 Å². The highest BCUT2D eigenvalue weighted by Gasteiger charge is 2.09. The average molecular weight is 306 g/mol. The van der Waals surface area contributed by atoms with Gasteiger partial charge in [0, 0.05) is 30.1 Å². The number of non-ortho nitro benzene ring substituents is 1. The molecule has 1 amide bonds. The fourth-order valence-electron chi connectivity index (χ4n) is 1.72. The number of nitro groups is 1. The molecule has 0 saturated heterocycles. The Bertz CT molecular complexity index is 667. The number of rotatable bonds is 5. The van der Waals surface area contributed by atoms with Crippen LogP contribution in [0.3, 0.4) is 0 Å². The maximum Gasteiger partial charge on any atom is 0.269 e. The molecule has 0 spiro atoms. The lowest BCUT2D eigenvalue weighted by molar-refractivity contribution is -0.384. The van der Waals surface area contributed by atoms with Gasteiger partial charge in [-0.25, -0.2) is 0 Å². The molecule has 1 aromatic carbocycles. The van der Waals surface area contributed by atoms with Crippen molar-refractivity contribution in [2.75, 3.05) is 11.1 Å². The number of thioether (sulfide) groups is 1. The third-order valence-corrected chi connectivity index (χ3v) is 3.70. The molecule has 7 nitrogen and oxygen atoms in total. The summed E-state index contributed by atoms with van der Waals surface area (Å²) in [5.74, 6) is 0.713. The van der Waals surface area contributed by atoms with Gasteiger partial charge in [0.2, 0.25) is 5.91 Å². The van der Waals surface area contributed by atoms with E-state index in [9.17, 15) is 14.9 Å². The number of hydrogen-bond donors (Lipinski definition) is 1. The zero-order valence-electron chi connectivity index (χ0n) is 11.6. The van der Waals surface area contributed by atoms with Crippen molar-refractivity contribution < 1.29 is 9.72 Å². The van der Waals surface area contributed by atoms with Gasteiger partial charge in [-0.3, -0.25) is 19.6 Å². The number of nitrogens with zero attached hydrogens (tertiary/aromatic N) is 3. The molecule has 110 valence electrons. The number of nitrogens with one attached hydrogen (secondary N) is 1. The van der Waals surface area contributed by atoms with E-state index in [2.05, 4.69) is 10.4 Å². The van der Waals surface area contributed by atoms with Crippen LogP contribution in [0.5, 0.6) is 0 Å². The first-order valence-corrected chi connectivity index (χ1v) is 7.12. The summed E-state index contributed by atoms with van der Waals surface area (Å²) in [5, 5.41) is 17.4. The quantitative estimate of drug-likeness (QED) is 0.520. The zero-order chi connectivity index (χ0) is 15.4. The minimum atomic E-state index is -0.452. The van der Waals surface area contributed by atoms with Gasteiger partial charge in [-0.2, -0.15) is 5.10 Å². The van der Waals surface area contributed by atoms with Crippen molar-refractivity contribution in [1.29, 1.82) is 0 Å². The van der Waals surface area contributed by atoms with Crippen molar-refractivity contribution in [3.05, 3.63) is 46.1 Å². The molecule has 0 fully saturated rings. The fraction of sp³-hybridized carbons (Fsp3) is 0.231. The average Bonchev–Trinajstić information content (AvgIpc) is 2.75. The van der Waals surface area contributed by atoms with Gasteiger partial charge < -0.3 is 5.32 Å². The van der Waals surface area contributed by atoms with Crippen LogP contribution in [0.15, 0.2) is 35.2 Å². The molecule has 2 aromatic rings. The number of carbonyl (C=O) groups excluding carboxylic acids is 1. The van der Waals surface area contributed by atoms with Crippen LogP contribution < -0.4 is 5.32 Å². The third-order valence-electron chi connectivity index (χ3n) is 2.69. The first-order chi connectivity index (χ1) is 9.95. The number of nitro benzene ring substituents is 1. The lowest BCUT2D eigenvalue weighted by atomic mass is 10.3. The summed E-state index contributed by atoms with van der Waals surface area (Å²) in [5.41, 5.74) is 0.866. The Balaban J connectivity index is 1.89. The second kappa shape index (κ2) is 6.40. The van der Waals surface area contributed by atoms with Gasteiger partial charge in [0.05, 0.1) is 16.4 Å². The van der Waals surface area contributed by atoms with Gasteiger partial charge in [-0.1, -0.05) is 0 Å². The number of aromatic nitrogens is 2. The van der Waals surface area contributed by atoms with Crippen molar-refractivity contribution in [3.63, 3.8) is 0 Å². The van der Waals surface area contributed by atoms with Crippen molar-refractivity contribution in [2.45, 2.75) is 11.8 Å². The summed E-state index contributed by atoms with van der Waals surface area (Å²) < 4.78 is 1.60. The van der Waals surface area contributed by atoms with Crippen molar-refractivity contribution in [3.8, 4) is 0 Å². The molecular formula is C13H14N4O3S. The monoisotopic (exact) mass is 306 g/mol. The molecule has 0 bridgehead atoms. The van der Waals surface area contributed by atoms with Crippen LogP contribution in [0.2, 0.25) is 0 Å². The molecule has 0 aliphatic carbocycles. The smallest absolute Gasteiger partial charge is 0.269 e. The van der Waals surface area contributed by atoms with Crippen LogP contribution in [-0.4, -0.2) is 26.4 Å². The Morgan fingerprint density at radius 1 is 1.43 bits per heavy atom. The molecule has 1 N–H and O–H groups in total. The number of carbonyl (C=O) groups is 1. The molecule has 8 heteroatoms. The van der Waals surface area contributed by atoms with E-state index in [4.69, 9.17) is 0 Å². The molecule has 1 aromatic heterocycles. The first-order valence-electron chi connectivity index (χ1n) is 6.13. The Hall–Kier alpha value is -2.35. The Morgan fingerprint density at radius 3 is 2.62 bits per heavy atom. The molecule has 0 unspecified atom stereocenters. The van der Waals surface area contributed by atoms with Gasteiger partial charge in [0.25, 0.3) is 5.69 Å². The van der Waals surface area contributed by atoms with Crippen molar-refractivity contribution >= 4 is 29.2 Å². The van der Waals surface area contributed by atoms with Crippen molar-refractivity contribution in [2.24, 2.45) is 7.05 Å². The molecule has 0 saturated carbocycles. The van der Waals surface area contributed by atoms with E-state index in [1.807, 2.05) is 6.92 Å². The fourth-order valence-corrected chi connectivity index (χ4v) is 2.42. The Kier molecular flexibility index (Phi) is 4.59. The number of aryl methyl sites for hydroxylation is 2. The highest BCUT2D eigenvalue weighted by molar-refractivity contribution is 8.00. The lowest BCUT2D eigenvalue weighted by Gasteiger charge is -2.05. The van der Waals surface area contributed by atoms with Crippen LogP contribution in [0.25, 0.3) is 0 Å². The van der Waals surface area contributed by atoms with Crippen LogP contribution >= 0.6 is 11.8 Å². The molecule has 2 rings (SSSR count). The number of anilines is 1. The maximum atomic E-state index is 11.8. The van der Waals surface area contributed by atoms with E-state index in [1.165, 1.54) is 23.9 Å². The lowest BCUT2D eigenvalue weighted by Crippen LogP contribution is -2.16. The van der Waals surface area contributed by atoms with Gasteiger partial charge in [-0.05, 0) is 19.1 Å². The summed E-state index contributed by atoms with van der Waals surface area (Å²) in [7, 11) is 1.76. The minimum Gasteiger partial charge on any atom is -0.310 e. The summed E-state index contributed by atoms with van der Waals surface area (Å²) >= 11 is 1.32. The van der Waals surface area contributed by atoms with Gasteiger partial charge in [0.1, 0.15) is 5.82 Å². The maximum absolute atomic E-state index is 11.8. The van der Waals surface area contributed by atoms with E-state index >= 15 is 0 Å². The van der Waals surface area contributed by atoms with E-state index in [0.29, 0.717) is 5.82 Å². The van der Waals surface area contributed by atoms with E-state index < -0.39 is 4.92 Å². The normalized spacial score (nSPS) is 10.4. The minimum absolute atomic E-state index is 0.0363. The van der Waals surface area contributed by atoms with Crippen LogP contribution in [-0.2, 0) is 11.8 Å². The molecule has 0 radical (unpaired) electrons. The third kappa shape index (κ3) is 4.06. The first kappa shape index (κ1) is 15.0. The topological polar surface area (TPSA) is 90.1 Å². The number of hydrogen-bond acceptors (Lipinski definition) is 5. The second-order valence-corrected chi connectivity index (χ2v) is 5.43. The second-order valence-electron chi connectivity index (χ2n) is 4.38. The molecule has 0 aliphatic rings. The standard InChI is InChI=1S/C13H14N4O3S/c1-9-7-12(16(2)15-9)14-13(18)8-21-11-5-3-10(4-6-11)17(19)20/h3-7H,8H2,1-2H3,(H,14,18). The summed E-state index contributed by atoms with van der Waals surface area (Å²) in [6.07, 6.45) is 0. The summed E-state index contributed by atoms with van der Waals surface area (Å²) in [6.45, 7) is 1.85. The van der Waals surface area contributed by atoms with Crippen LogP contribution in [0.1, 0.15) is 5.69 Å². The van der Waals surface area contributed by atoms with Gasteiger partial charge in [-0.15, -0.1) is 11.8 Å². The number of benzene rings is 1. The summed E-state index contributed by atoms with van der Waals surface area (Å²) in [6, 6.07) is 7.89. The van der Waals surface area contributed by atoms with Gasteiger partial charge >= 0.3 is 0 Å². The zero-order valence-corrected chi connectivity index (χ0v) is 12.4. The van der Waals surface area contributed by atoms with Crippen LogP contribution in [0, 0.1) is 17.0 Å². The molecule has 0 atom stereocenters. The predicted molar refractivity (Wildman–Crippen MR) is 80.4 cm³/mol. The van der Waals surface area contributed by atoms with E-state index in [0.717, 1.165) is 10.6 Å². The highest BCUT2D eigenvalue weighted by Crippen LogP contribution is 2.21. The SMILES string of the molecule is Cc1cc(NC(=O)CSc2ccc([N+](=O)[O-])cc2)n(C)n1. The molecular weight excluding hydrogens is 292 g/mol. The molecule has 21 heavy (non-hydrogen) atoms. The Morgan fingerprint density at radius 2 is 2.10 bits per heavy atom. The van der Waals surface area contributed by atoms with Crippen molar-refractivity contribution in [1.82, 2.24) is 9.78 Å². The number of amides is 1. The summed E-state index contributed by atoms with van der Waals surface area (Å²) in [4.78, 5) is 22.7. The van der Waals surface area contributed by atoms with Crippen LogP contribution in [0.4, 0.5) is 11.5 Å². The van der Waals surface area contributed by atoms with Gasteiger partial charge in [0.15, 0.2) is 0 Å². The predicted octanol–water partition coefficient (Wildman–Crippen LogP) is 2.37.